The number of carbonyl (C=O) groups is 3. The lowest BCUT2D eigenvalue weighted by Gasteiger charge is -2.29. The zero-order valence-electron chi connectivity index (χ0n) is 21.6. The zero-order chi connectivity index (χ0) is 26.4. The summed E-state index contributed by atoms with van der Waals surface area (Å²) in [5.74, 6) is -2.36. The van der Waals surface area contributed by atoms with E-state index in [1.54, 1.807) is 12.2 Å². The second-order valence-corrected chi connectivity index (χ2v) is 10.3. The summed E-state index contributed by atoms with van der Waals surface area (Å²) in [5.41, 5.74) is 0. The van der Waals surface area contributed by atoms with E-state index in [1.807, 2.05) is 52.4 Å². The number of ether oxygens (including phenoxy) is 1. The van der Waals surface area contributed by atoms with Crippen LogP contribution in [0.3, 0.4) is 0 Å². The van der Waals surface area contributed by atoms with Crippen molar-refractivity contribution in [1.82, 2.24) is 0 Å². The van der Waals surface area contributed by atoms with E-state index in [2.05, 4.69) is 0 Å². The number of carbonyl (C=O) groups excluding carboxylic acids is 3. The molecule has 35 heavy (non-hydrogen) atoms. The number of esters is 1. The number of rotatable bonds is 16. The smallest absolute Gasteiger partial charge is 0.306 e. The number of carboxylic acid groups (broad SMARTS) is 1. The summed E-state index contributed by atoms with van der Waals surface area (Å²) in [6.07, 6.45) is 12.0. The Labute approximate surface area is 209 Å². The van der Waals surface area contributed by atoms with Gasteiger partial charge >= 0.3 is 5.97 Å². The van der Waals surface area contributed by atoms with E-state index < -0.39 is 36.2 Å². The number of unbranched alkanes of at least 4 members (excludes halogenated alkanes) is 1. The van der Waals surface area contributed by atoms with Crippen molar-refractivity contribution in [2.45, 2.75) is 76.6 Å². The topological polar surface area (TPSA) is 124 Å². The fraction of sp³-hybridized carbons (Fsp3) is 0.667. The highest BCUT2D eigenvalue weighted by Gasteiger charge is 2.39. The predicted octanol–water partition coefficient (Wildman–Crippen LogP) is 1.70. The van der Waals surface area contributed by atoms with Gasteiger partial charge in [0.25, 0.3) is 0 Å². The van der Waals surface area contributed by atoms with Gasteiger partial charge < -0.3 is 29.3 Å². The third-order valence-electron chi connectivity index (χ3n) is 5.83. The summed E-state index contributed by atoms with van der Waals surface area (Å²) in [4.78, 5) is 35.4. The highest BCUT2D eigenvalue weighted by atomic mass is 16.5. The van der Waals surface area contributed by atoms with Crippen molar-refractivity contribution < 1.29 is 38.9 Å². The number of Topliss-reactive ketones (excluding diaryl/α,β-unsaturated/α-hetero) is 1. The molecule has 1 aliphatic carbocycles. The molecule has 0 aromatic rings. The molecule has 8 nitrogen and oxygen atoms in total. The standard InChI is InChI=1S/C27H43NO7/c1-5-6-9-12-20(29)15-16-23-22(24(30)18-25(23)31)13-10-7-8-11-14-27(34)35-21(17-26(32)33)19-28(2,3)4/h6-7,9-10,15-16,20-24,29-30H,5,8,11-14,17-19H2,1-4H3/b9-6-,10-7+,16-15+. The van der Waals surface area contributed by atoms with Gasteiger partial charge in [0.2, 0.25) is 0 Å². The number of ketones is 1. The fourth-order valence-electron chi connectivity index (χ4n) is 4.17. The minimum Gasteiger partial charge on any atom is -0.550 e. The van der Waals surface area contributed by atoms with Crippen molar-refractivity contribution in [2.75, 3.05) is 27.7 Å². The Bertz CT molecular complexity index is 766. The number of carboxylic acids is 1. The quantitative estimate of drug-likeness (QED) is 0.145. The SMILES string of the molecule is CC/C=C\CC(O)/C=C/C1C(=O)CC(O)C1C/C=C/CCCC(=O)OC(CC(=O)[O-])C[N+](C)(C)C. The molecule has 1 rings (SSSR count). The molecule has 0 heterocycles. The number of likely N-dealkylation sites (N-methyl/N-ethyl adjacent to an activating group) is 1. The molecule has 5 atom stereocenters. The fourth-order valence-corrected chi connectivity index (χ4v) is 4.17. The maximum absolute atomic E-state index is 12.3. The molecular formula is C27H43NO7. The van der Waals surface area contributed by atoms with Crippen LogP contribution in [-0.2, 0) is 19.1 Å². The molecular weight excluding hydrogens is 450 g/mol. The molecule has 198 valence electrons. The first kappa shape index (κ1) is 30.7. The van der Waals surface area contributed by atoms with Crippen LogP contribution < -0.4 is 5.11 Å². The van der Waals surface area contributed by atoms with Gasteiger partial charge in [-0.1, -0.05) is 43.4 Å². The lowest BCUT2D eigenvalue weighted by molar-refractivity contribution is -0.873. The molecule has 0 aliphatic heterocycles. The first-order valence-corrected chi connectivity index (χ1v) is 12.5. The van der Waals surface area contributed by atoms with Gasteiger partial charge in [0.1, 0.15) is 12.3 Å². The number of aliphatic hydroxyl groups excluding tert-OH is 2. The van der Waals surface area contributed by atoms with E-state index in [-0.39, 0.29) is 31.0 Å². The summed E-state index contributed by atoms with van der Waals surface area (Å²) < 4.78 is 5.81. The Kier molecular flexibility index (Phi) is 13.7. The predicted molar refractivity (Wildman–Crippen MR) is 132 cm³/mol. The van der Waals surface area contributed by atoms with Crippen molar-refractivity contribution in [2.24, 2.45) is 11.8 Å². The number of aliphatic hydroxyl groups is 2. The molecule has 0 amide bonds. The van der Waals surface area contributed by atoms with Crippen LogP contribution in [0, 0.1) is 11.8 Å². The van der Waals surface area contributed by atoms with Gasteiger partial charge in [0, 0.05) is 37.1 Å². The molecule has 0 aromatic carbocycles. The van der Waals surface area contributed by atoms with Crippen LogP contribution in [0.4, 0.5) is 0 Å². The second kappa shape index (κ2) is 15.7. The summed E-state index contributed by atoms with van der Waals surface area (Å²) in [6, 6.07) is 0. The summed E-state index contributed by atoms with van der Waals surface area (Å²) in [6.45, 7) is 2.40. The lowest BCUT2D eigenvalue weighted by Crippen LogP contribution is -2.45. The number of nitrogens with zero attached hydrogens (tertiary/aromatic N) is 1. The highest BCUT2D eigenvalue weighted by molar-refractivity contribution is 5.86. The third kappa shape index (κ3) is 13.4. The van der Waals surface area contributed by atoms with Crippen LogP contribution in [0.1, 0.15) is 58.3 Å². The Morgan fingerprint density at radius 3 is 2.54 bits per heavy atom. The van der Waals surface area contributed by atoms with E-state index in [0.717, 1.165) is 6.42 Å². The van der Waals surface area contributed by atoms with Crippen LogP contribution in [0.25, 0.3) is 0 Å². The van der Waals surface area contributed by atoms with Crippen LogP contribution in [-0.4, -0.2) is 78.4 Å². The van der Waals surface area contributed by atoms with Crippen LogP contribution >= 0.6 is 0 Å². The van der Waals surface area contributed by atoms with Crippen molar-refractivity contribution in [3.8, 4) is 0 Å². The number of quaternary nitrogens is 1. The molecule has 0 radical (unpaired) electrons. The van der Waals surface area contributed by atoms with E-state index in [1.165, 1.54) is 0 Å². The van der Waals surface area contributed by atoms with Gasteiger partial charge in [-0.05, 0) is 32.1 Å². The Morgan fingerprint density at radius 1 is 1.20 bits per heavy atom. The normalized spacial score (nSPS) is 22.9. The van der Waals surface area contributed by atoms with E-state index >= 15 is 0 Å². The van der Waals surface area contributed by atoms with Crippen molar-refractivity contribution >= 4 is 17.7 Å². The summed E-state index contributed by atoms with van der Waals surface area (Å²) >= 11 is 0. The van der Waals surface area contributed by atoms with Gasteiger partial charge in [-0.3, -0.25) is 9.59 Å². The largest absolute Gasteiger partial charge is 0.550 e. The molecule has 1 fully saturated rings. The highest BCUT2D eigenvalue weighted by Crippen LogP contribution is 2.33. The molecule has 8 heteroatoms. The molecule has 2 N–H and O–H groups in total. The molecule has 0 aromatic heterocycles. The average Bonchev–Trinajstić information content (AvgIpc) is 2.99. The minimum atomic E-state index is -1.25. The van der Waals surface area contributed by atoms with Crippen molar-refractivity contribution in [1.29, 1.82) is 0 Å². The Morgan fingerprint density at radius 2 is 1.91 bits per heavy atom. The zero-order valence-corrected chi connectivity index (χ0v) is 21.6. The van der Waals surface area contributed by atoms with Crippen LogP contribution in [0.15, 0.2) is 36.5 Å². The maximum atomic E-state index is 12.3. The average molecular weight is 494 g/mol. The number of allylic oxidation sites excluding steroid dienone is 4. The van der Waals surface area contributed by atoms with Crippen molar-refractivity contribution in [3.05, 3.63) is 36.5 Å². The molecule has 5 unspecified atom stereocenters. The number of hydrogen-bond acceptors (Lipinski definition) is 7. The minimum absolute atomic E-state index is 0.0220. The summed E-state index contributed by atoms with van der Waals surface area (Å²) in [5, 5.41) is 31.3. The number of hydrogen-bond donors (Lipinski definition) is 2. The Balaban J connectivity index is 2.47. The van der Waals surface area contributed by atoms with E-state index in [9.17, 15) is 29.7 Å². The molecule has 1 saturated carbocycles. The van der Waals surface area contributed by atoms with Gasteiger partial charge in [-0.2, -0.15) is 0 Å². The van der Waals surface area contributed by atoms with Gasteiger partial charge in [0.05, 0.1) is 33.4 Å². The number of aliphatic carboxylic acids is 1. The van der Waals surface area contributed by atoms with Crippen molar-refractivity contribution in [3.63, 3.8) is 0 Å². The van der Waals surface area contributed by atoms with Gasteiger partial charge in [-0.15, -0.1) is 0 Å². The molecule has 1 aliphatic rings. The van der Waals surface area contributed by atoms with Gasteiger partial charge in [0.15, 0.2) is 6.10 Å². The lowest BCUT2D eigenvalue weighted by atomic mass is 9.90. The first-order chi connectivity index (χ1) is 16.4. The Hall–Kier alpha value is -2.29. The van der Waals surface area contributed by atoms with Crippen LogP contribution in [0.5, 0.6) is 0 Å². The monoisotopic (exact) mass is 493 g/mol. The maximum Gasteiger partial charge on any atom is 0.306 e. The third-order valence-corrected chi connectivity index (χ3v) is 5.83. The van der Waals surface area contributed by atoms with E-state index in [0.29, 0.717) is 36.7 Å². The molecule has 0 bridgehead atoms. The summed E-state index contributed by atoms with van der Waals surface area (Å²) in [7, 11) is 5.68. The van der Waals surface area contributed by atoms with Crippen LogP contribution in [0.2, 0.25) is 0 Å². The van der Waals surface area contributed by atoms with E-state index in [4.69, 9.17) is 4.74 Å². The molecule has 0 saturated heterocycles. The molecule has 0 spiro atoms. The van der Waals surface area contributed by atoms with Gasteiger partial charge in [-0.25, -0.2) is 0 Å². The second-order valence-electron chi connectivity index (χ2n) is 10.3. The first-order valence-electron chi connectivity index (χ1n) is 12.5.